The first kappa shape index (κ1) is 13.4. The predicted molar refractivity (Wildman–Crippen MR) is 78.2 cm³/mol. The molecular weight excluding hydrogens is 252 g/mol. The summed E-state index contributed by atoms with van der Waals surface area (Å²) in [5.41, 5.74) is 4.03. The van der Waals surface area contributed by atoms with Gasteiger partial charge in [0.1, 0.15) is 5.82 Å². The van der Waals surface area contributed by atoms with E-state index in [4.69, 9.17) is 5.84 Å². The fourth-order valence-electron chi connectivity index (χ4n) is 3.74. The average molecular weight is 274 g/mol. The fraction of sp³-hybridized carbons (Fsp3) is 0.600. The number of aryl methyl sites for hydroxylation is 1. The first-order valence-corrected chi connectivity index (χ1v) is 7.45. The Bertz CT molecular complexity index is 517. The monoisotopic (exact) mass is 274 g/mol. The summed E-state index contributed by atoms with van der Waals surface area (Å²) in [5, 5.41) is 0. The standard InChI is InChI=1S/C15H22N4O/c1-10-8-12(9-14(17-10)18-16)15(20)19-7-3-5-11-4-2-6-13(11)19/h8-9,11,13H,2-7,16H2,1H3,(H,17,18). The van der Waals surface area contributed by atoms with Gasteiger partial charge in [-0.15, -0.1) is 0 Å². The third-order valence-electron chi connectivity index (χ3n) is 4.60. The summed E-state index contributed by atoms with van der Waals surface area (Å²) in [5.74, 6) is 6.80. The van der Waals surface area contributed by atoms with Crippen LogP contribution in [-0.2, 0) is 0 Å². The molecule has 2 aliphatic rings. The maximum Gasteiger partial charge on any atom is 0.254 e. The number of anilines is 1. The number of nitrogen functional groups attached to an aromatic ring is 1. The lowest BCUT2D eigenvalue weighted by Gasteiger charge is -2.38. The number of nitrogens with two attached hydrogens (primary N) is 1. The molecule has 1 aliphatic carbocycles. The Labute approximate surface area is 119 Å². The molecule has 2 unspecified atom stereocenters. The number of nitrogens with zero attached hydrogens (tertiary/aromatic N) is 2. The quantitative estimate of drug-likeness (QED) is 0.640. The number of amides is 1. The van der Waals surface area contributed by atoms with Crippen LogP contribution in [0.25, 0.3) is 0 Å². The number of hydrogen-bond donors (Lipinski definition) is 2. The molecule has 1 aromatic rings. The van der Waals surface area contributed by atoms with Crippen LogP contribution in [-0.4, -0.2) is 28.4 Å². The predicted octanol–water partition coefficient (Wildman–Crippen LogP) is 2.08. The van der Waals surface area contributed by atoms with Crippen molar-refractivity contribution in [1.29, 1.82) is 0 Å². The van der Waals surface area contributed by atoms with Gasteiger partial charge in [0, 0.05) is 23.8 Å². The largest absolute Gasteiger partial charge is 0.335 e. The number of aromatic nitrogens is 1. The molecule has 0 bridgehead atoms. The van der Waals surface area contributed by atoms with Gasteiger partial charge < -0.3 is 10.3 Å². The third-order valence-corrected chi connectivity index (χ3v) is 4.60. The van der Waals surface area contributed by atoms with Gasteiger partial charge in [-0.3, -0.25) is 4.79 Å². The molecule has 3 N–H and O–H groups in total. The van der Waals surface area contributed by atoms with Crippen LogP contribution in [0, 0.1) is 12.8 Å². The second kappa shape index (κ2) is 5.40. The molecule has 0 spiro atoms. The Kier molecular flexibility index (Phi) is 3.61. The first-order valence-electron chi connectivity index (χ1n) is 7.45. The van der Waals surface area contributed by atoms with E-state index in [1.807, 2.05) is 13.0 Å². The van der Waals surface area contributed by atoms with E-state index in [2.05, 4.69) is 15.3 Å². The number of hydrazine groups is 1. The maximum absolute atomic E-state index is 12.8. The van der Waals surface area contributed by atoms with E-state index in [1.165, 1.54) is 19.3 Å². The van der Waals surface area contributed by atoms with Crippen LogP contribution in [0.15, 0.2) is 12.1 Å². The fourth-order valence-corrected chi connectivity index (χ4v) is 3.74. The molecule has 1 saturated carbocycles. The van der Waals surface area contributed by atoms with Crippen molar-refractivity contribution in [3.63, 3.8) is 0 Å². The second-order valence-corrected chi connectivity index (χ2v) is 5.93. The minimum Gasteiger partial charge on any atom is -0.335 e. The molecule has 2 atom stereocenters. The summed E-state index contributed by atoms with van der Waals surface area (Å²) in [6, 6.07) is 4.04. The molecule has 0 radical (unpaired) electrons. The van der Waals surface area contributed by atoms with E-state index in [-0.39, 0.29) is 5.91 Å². The molecule has 1 aromatic heterocycles. The third kappa shape index (κ3) is 2.38. The highest BCUT2D eigenvalue weighted by atomic mass is 16.2. The number of pyridine rings is 1. The van der Waals surface area contributed by atoms with Crippen molar-refractivity contribution in [2.24, 2.45) is 11.8 Å². The molecule has 1 aliphatic heterocycles. The molecule has 2 fully saturated rings. The highest BCUT2D eigenvalue weighted by Crippen LogP contribution is 2.37. The zero-order valence-corrected chi connectivity index (χ0v) is 11.9. The van der Waals surface area contributed by atoms with Crippen LogP contribution in [0.3, 0.4) is 0 Å². The van der Waals surface area contributed by atoms with Crippen LogP contribution >= 0.6 is 0 Å². The van der Waals surface area contributed by atoms with Crippen molar-refractivity contribution < 1.29 is 4.79 Å². The van der Waals surface area contributed by atoms with E-state index in [0.29, 0.717) is 23.3 Å². The molecule has 5 nitrogen and oxygen atoms in total. The Balaban J connectivity index is 1.86. The highest BCUT2D eigenvalue weighted by Gasteiger charge is 2.37. The van der Waals surface area contributed by atoms with Gasteiger partial charge in [-0.2, -0.15) is 0 Å². The maximum atomic E-state index is 12.8. The van der Waals surface area contributed by atoms with Gasteiger partial charge in [0.05, 0.1) is 0 Å². The summed E-state index contributed by atoms with van der Waals surface area (Å²) in [6.07, 6.45) is 6.09. The highest BCUT2D eigenvalue weighted by molar-refractivity contribution is 5.95. The normalized spacial score (nSPS) is 25.4. The molecule has 1 saturated heterocycles. The van der Waals surface area contributed by atoms with Gasteiger partial charge in [0.2, 0.25) is 0 Å². The van der Waals surface area contributed by atoms with Crippen LogP contribution in [0.4, 0.5) is 5.82 Å². The zero-order chi connectivity index (χ0) is 14.1. The van der Waals surface area contributed by atoms with Gasteiger partial charge in [0.15, 0.2) is 0 Å². The number of rotatable bonds is 2. The van der Waals surface area contributed by atoms with Crippen molar-refractivity contribution >= 4 is 11.7 Å². The second-order valence-electron chi connectivity index (χ2n) is 5.93. The van der Waals surface area contributed by atoms with E-state index < -0.39 is 0 Å². The molecule has 5 heteroatoms. The minimum absolute atomic E-state index is 0.128. The van der Waals surface area contributed by atoms with Crippen LogP contribution < -0.4 is 11.3 Å². The van der Waals surface area contributed by atoms with Gasteiger partial charge in [0.25, 0.3) is 5.91 Å². The Morgan fingerprint density at radius 3 is 2.95 bits per heavy atom. The summed E-state index contributed by atoms with van der Waals surface area (Å²) in [6.45, 7) is 2.76. The lowest BCUT2D eigenvalue weighted by molar-refractivity contribution is 0.0548. The van der Waals surface area contributed by atoms with Crippen molar-refractivity contribution in [1.82, 2.24) is 9.88 Å². The van der Waals surface area contributed by atoms with Crippen molar-refractivity contribution in [2.45, 2.75) is 45.1 Å². The molecule has 20 heavy (non-hydrogen) atoms. The molecule has 3 rings (SSSR count). The first-order chi connectivity index (χ1) is 9.69. The van der Waals surface area contributed by atoms with E-state index in [0.717, 1.165) is 25.1 Å². The molecule has 108 valence electrons. The van der Waals surface area contributed by atoms with E-state index in [1.54, 1.807) is 6.07 Å². The number of carbonyl (C=O) groups is 1. The number of likely N-dealkylation sites (tertiary alicyclic amines) is 1. The number of carbonyl (C=O) groups excluding carboxylic acids is 1. The Morgan fingerprint density at radius 2 is 2.15 bits per heavy atom. The van der Waals surface area contributed by atoms with Gasteiger partial charge in [-0.25, -0.2) is 10.8 Å². The summed E-state index contributed by atoms with van der Waals surface area (Å²) in [4.78, 5) is 19.1. The van der Waals surface area contributed by atoms with Crippen molar-refractivity contribution in [3.05, 3.63) is 23.4 Å². The average Bonchev–Trinajstić information content (AvgIpc) is 2.94. The molecule has 1 amide bonds. The number of fused-ring (bicyclic) bond motifs is 1. The van der Waals surface area contributed by atoms with E-state index >= 15 is 0 Å². The van der Waals surface area contributed by atoms with Crippen LogP contribution in [0.1, 0.15) is 48.2 Å². The number of piperidine rings is 1. The molecule has 0 aromatic carbocycles. The van der Waals surface area contributed by atoms with Crippen molar-refractivity contribution in [3.8, 4) is 0 Å². The minimum atomic E-state index is 0.128. The molecule has 2 heterocycles. The van der Waals surface area contributed by atoms with Gasteiger partial charge in [-0.05, 0) is 50.7 Å². The summed E-state index contributed by atoms with van der Waals surface area (Å²) >= 11 is 0. The van der Waals surface area contributed by atoms with Crippen LogP contribution in [0.5, 0.6) is 0 Å². The SMILES string of the molecule is Cc1cc(C(=O)N2CCCC3CCCC32)cc(NN)n1. The Hall–Kier alpha value is -1.62. The topological polar surface area (TPSA) is 71.2 Å². The summed E-state index contributed by atoms with van der Waals surface area (Å²) in [7, 11) is 0. The zero-order valence-electron chi connectivity index (χ0n) is 11.9. The lowest BCUT2D eigenvalue weighted by atomic mass is 9.91. The lowest BCUT2D eigenvalue weighted by Crippen LogP contribution is -2.46. The molecular formula is C15H22N4O. The van der Waals surface area contributed by atoms with Gasteiger partial charge >= 0.3 is 0 Å². The van der Waals surface area contributed by atoms with Crippen LogP contribution in [0.2, 0.25) is 0 Å². The smallest absolute Gasteiger partial charge is 0.254 e. The van der Waals surface area contributed by atoms with Crippen molar-refractivity contribution in [2.75, 3.05) is 12.0 Å². The summed E-state index contributed by atoms with van der Waals surface area (Å²) < 4.78 is 0. The van der Waals surface area contributed by atoms with E-state index in [9.17, 15) is 4.79 Å². The number of nitrogens with one attached hydrogen (secondary N) is 1. The van der Waals surface area contributed by atoms with Gasteiger partial charge in [-0.1, -0.05) is 6.42 Å². The Morgan fingerprint density at radius 1 is 1.35 bits per heavy atom. The number of hydrogen-bond acceptors (Lipinski definition) is 4.